The van der Waals surface area contributed by atoms with E-state index in [0.717, 1.165) is 25.8 Å². The zero-order chi connectivity index (χ0) is 28.7. The zero-order valence-corrected chi connectivity index (χ0v) is 23.6. The van der Waals surface area contributed by atoms with Crippen LogP contribution in [0, 0.1) is 29.0 Å². The van der Waals surface area contributed by atoms with Gasteiger partial charge in [0.25, 0.3) is 0 Å². The van der Waals surface area contributed by atoms with Gasteiger partial charge in [0.1, 0.15) is 29.0 Å². The molecule has 0 radical (unpaired) electrons. The second-order valence-corrected chi connectivity index (χ2v) is 11.1. The highest BCUT2D eigenvalue weighted by Crippen LogP contribution is 2.38. The van der Waals surface area contributed by atoms with E-state index in [1.807, 2.05) is 17.8 Å². The number of nitriles is 1. The van der Waals surface area contributed by atoms with Crippen LogP contribution in [0.5, 0.6) is 6.01 Å². The van der Waals surface area contributed by atoms with Crippen LogP contribution < -0.4 is 4.74 Å². The molecule has 0 aliphatic carbocycles. The second-order valence-electron chi connectivity index (χ2n) is 10.7. The lowest BCUT2D eigenvalue weighted by Crippen LogP contribution is -2.31. The van der Waals surface area contributed by atoms with Crippen LogP contribution in [0.3, 0.4) is 0 Å². The van der Waals surface area contributed by atoms with Crippen LogP contribution in [0.25, 0.3) is 32.9 Å². The lowest BCUT2D eigenvalue weighted by molar-refractivity contribution is -0.405. The first kappa shape index (κ1) is 27.2. The molecule has 2 aromatic heterocycles. The normalized spacial score (nSPS) is 19.8. The molecular formula is C30H29ClF2N7O+. The molecule has 0 spiro atoms. The molecule has 4 heterocycles. The standard InChI is InChI=1S/C30H29ClF2N7O/c1-38-11-4-6-20(38)16-41-30-36-28-22(29(37-30)39(2)14-18-10-12-40(15-18)17-34)13-35-27(26(28)33)21-7-3-5-19-8-9-23(32)25(31)24(19)21/h3,5,7-9,13-14,18,20H,4,6,10-12,15-16H2,1-2H3/q+1/b39-14-/t18?,20-/m0/s1. The molecule has 4 aromatic rings. The maximum absolute atomic E-state index is 16.4. The third-order valence-corrected chi connectivity index (χ3v) is 8.41. The first-order valence-electron chi connectivity index (χ1n) is 13.6. The summed E-state index contributed by atoms with van der Waals surface area (Å²) >= 11 is 6.35. The van der Waals surface area contributed by atoms with Gasteiger partial charge in [0, 0.05) is 47.2 Å². The molecule has 2 saturated heterocycles. The van der Waals surface area contributed by atoms with Crippen LogP contribution in [0.1, 0.15) is 19.3 Å². The number of hydrogen-bond donors (Lipinski definition) is 0. The van der Waals surface area contributed by atoms with E-state index in [1.54, 1.807) is 29.2 Å². The number of ether oxygens (including phenoxy) is 1. The summed E-state index contributed by atoms with van der Waals surface area (Å²) in [6.45, 7) is 2.67. The van der Waals surface area contributed by atoms with E-state index >= 15 is 4.39 Å². The lowest BCUT2D eigenvalue weighted by atomic mass is 10.0. The molecule has 2 aromatic carbocycles. The van der Waals surface area contributed by atoms with Gasteiger partial charge in [-0.1, -0.05) is 35.9 Å². The molecule has 41 heavy (non-hydrogen) atoms. The third kappa shape index (κ3) is 5.16. The van der Waals surface area contributed by atoms with Gasteiger partial charge in [0.15, 0.2) is 12.0 Å². The smallest absolute Gasteiger partial charge is 0.434 e. The van der Waals surface area contributed by atoms with E-state index < -0.39 is 11.6 Å². The Balaban J connectivity index is 1.48. The number of likely N-dealkylation sites (N-methyl/N-ethyl adjacent to an activating group) is 1. The van der Waals surface area contributed by atoms with E-state index in [9.17, 15) is 9.65 Å². The van der Waals surface area contributed by atoms with Gasteiger partial charge in [0.05, 0.1) is 18.3 Å². The highest BCUT2D eigenvalue weighted by Gasteiger charge is 2.29. The first-order chi connectivity index (χ1) is 19.8. The summed E-state index contributed by atoms with van der Waals surface area (Å²) in [7, 11) is 3.89. The van der Waals surface area contributed by atoms with Crippen molar-refractivity contribution in [3.63, 3.8) is 0 Å². The summed E-state index contributed by atoms with van der Waals surface area (Å²) in [4.78, 5) is 17.6. The lowest BCUT2D eigenvalue weighted by Gasteiger charge is -2.18. The maximum Gasteiger partial charge on any atom is 0.434 e. The summed E-state index contributed by atoms with van der Waals surface area (Å²) in [5.41, 5.74) is 0.419. The van der Waals surface area contributed by atoms with Gasteiger partial charge in [-0.2, -0.15) is 10.2 Å². The van der Waals surface area contributed by atoms with E-state index in [-0.39, 0.29) is 34.2 Å². The molecule has 0 N–H and O–H groups in total. The van der Waals surface area contributed by atoms with Gasteiger partial charge < -0.3 is 14.5 Å². The monoisotopic (exact) mass is 576 g/mol. The Morgan fingerprint density at radius 1 is 1.20 bits per heavy atom. The van der Waals surface area contributed by atoms with Crippen LogP contribution in [0.15, 0.2) is 36.5 Å². The molecule has 210 valence electrons. The Hall–Kier alpha value is -3.94. The van der Waals surface area contributed by atoms with E-state index in [2.05, 4.69) is 33.1 Å². The number of benzene rings is 2. The van der Waals surface area contributed by atoms with Crippen LogP contribution in [0.2, 0.25) is 5.02 Å². The van der Waals surface area contributed by atoms with Crippen molar-refractivity contribution < 1.29 is 18.1 Å². The summed E-state index contributed by atoms with van der Waals surface area (Å²) in [6, 6.07) is 8.39. The predicted molar refractivity (Wildman–Crippen MR) is 154 cm³/mol. The number of hydrogen-bond acceptors (Lipinski definition) is 7. The van der Waals surface area contributed by atoms with Gasteiger partial charge >= 0.3 is 11.8 Å². The fourth-order valence-electron chi connectivity index (χ4n) is 5.80. The van der Waals surface area contributed by atoms with Crippen LogP contribution >= 0.6 is 11.6 Å². The van der Waals surface area contributed by atoms with E-state index in [0.29, 0.717) is 47.2 Å². The number of aromatic nitrogens is 3. The average molecular weight is 577 g/mol. The minimum atomic E-state index is -0.674. The molecular weight excluding hydrogens is 548 g/mol. The summed E-state index contributed by atoms with van der Waals surface area (Å²) in [5.74, 6) is -0.693. The van der Waals surface area contributed by atoms with Crippen LogP contribution in [-0.4, -0.2) is 81.9 Å². The molecule has 2 aliphatic heterocycles. The van der Waals surface area contributed by atoms with Gasteiger partial charge in [0.2, 0.25) is 0 Å². The zero-order valence-electron chi connectivity index (χ0n) is 22.8. The highest BCUT2D eigenvalue weighted by molar-refractivity contribution is 6.36. The fraction of sp³-hybridized carbons (Fsp3) is 0.367. The Labute approximate surface area is 241 Å². The second kappa shape index (κ2) is 11.1. The average Bonchev–Trinajstić information content (AvgIpc) is 3.61. The van der Waals surface area contributed by atoms with Crippen LogP contribution in [-0.2, 0) is 0 Å². The molecule has 0 amide bonds. The minimum Gasteiger partial charge on any atom is -0.443 e. The Morgan fingerprint density at radius 2 is 2.05 bits per heavy atom. The van der Waals surface area contributed by atoms with Gasteiger partial charge in [-0.25, -0.2) is 13.4 Å². The molecule has 2 atom stereocenters. The van der Waals surface area contributed by atoms with Gasteiger partial charge in [-0.15, -0.1) is 0 Å². The Bertz CT molecular complexity index is 1720. The van der Waals surface area contributed by atoms with Crippen molar-refractivity contribution in [1.29, 1.82) is 5.26 Å². The first-order valence-corrected chi connectivity index (χ1v) is 14.0. The number of rotatable bonds is 6. The summed E-state index contributed by atoms with van der Waals surface area (Å²) in [5, 5.41) is 10.6. The molecule has 0 bridgehead atoms. The SMILES string of the molecule is CN1CCC[C@H]1COc1nc(/[N+](C)=C\C2CCN(C#N)C2)c2cnc(-c3cccc4ccc(F)c(Cl)c34)c(F)c2n1. The van der Waals surface area contributed by atoms with Crippen LogP contribution in [0.4, 0.5) is 14.6 Å². The number of fused-ring (bicyclic) bond motifs is 2. The minimum absolute atomic E-state index is 0.00816. The molecule has 2 aliphatic rings. The molecule has 2 fully saturated rings. The van der Waals surface area contributed by atoms with Crippen molar-refractivity contribution in [2.24, 2.45) is 5.92 Å². The number of nitrogens with zero attached hydrogens (tertiary/aromatic N) is 7. The van der Waals surface area contributed by atoms with Crippen molar-refractivity contribution in [2.75, 3.05) is 40.3 Å². The van der Waals surface area contributed by atoms with Gasteiger partial charge in [-0.05, 0) is 44.3 Å². The number of likely N-dealkylation sites (tertiary alicyclic amines) is 2. The highest BCUT2D eigenvalue weighted by atomic mass is 35.5. The maximum atomic E-state index is 16.4. The van der Waals surface area contributed by atoms with Crippen molar-refractivity contribution in [1.82, 2.24) is 24.8 Å². The molecule has 1 unspecified atom stereocenters. The third-order valence-electron chi connectivity index (χ3n) is 8.04. The molecule has 11 heteroatoms. The summed E-state index contributed by atoms with van der Waals surface area (Å²) in [6.07, 6.45) is 8.64. The van der Waals surface area contributed by atoms with E-state index in [4.69, 9.17) is 16.3 Å². The Kier molecular flexibility index (Phi) is 7.41. The quantitative estimate of drug-likeness (QED) is 0.173. The molecule has 6 rings (SSSR count). The van der Waals surface area contributed by atoms with Crippen molar-refractivity contribution in [3.05, 3.63) is 53.2 Å². The predicted octanol–water partition coefficient (Wildman–Crippen LogP) is 5.40. The van der Waals surface area contributed by atoms with Crippen molar-refractivity contribution in [2.45, 2.75) is 25.3 Å². The fourth-order valence-corrected chi connectivity index (χ4v) is 6.07. The summed E-state index contributed by atoms with van der Waals surface area (Å²) < 4.78 is 38.7. The topological polar surface area (TPSA) is 81.2 Å². The molecule has 0 saturated carbocycles. The van der Waals surface area contributed by atoms with Crippen molar-refractivity contribution in [3.8, 4) is 23.5 Å². The number of halogens is 3. The van der Waals surface area contributed by atoms with Gasteiger partial charge in [-0.3, -0.25) is 4.98 Å². The Morgan fingerprint density at radius 3 is 2.80 bits per heavy atom. The largest absolute Gasteiger partial charge is 0.443 e. The number of pyridine rings is 1. The van der Waals surface area contributed by atoms with Crippen molar-refractivity contribution >= 4 is 45.3 Å². The van der Waals surface area contributed by atoms with E-state index in [1.165, 1.54) is 12.3 Å². The molecule has 8 nitrogen and oxygen atoms in total.